The predicted octanol–water partition coefficient (Wildman–Crippen LogP) is 5.18. The van der Waals surface area contributed by atoms with E-state index in [1.54, 1.807) is 7.11 Å². The van der Waals surface area contributed by atoms with Gasteiger partial charge in [-0.05, 0) is 60.0 Å². The molecule has 0 saturated carbocycles. The number of benzene rings is 3. The van der Waals surface area contributed by atoms with E-state index in [1.807, 2.05) is 78.7 Å². The number of nitrogens with one attached hydrogen (secondary N) is 1. The molecule has 0 spiro atoms. The number of hydrogen-bond donors (Lipinski definition) is 1. The van der Waals surface area contributed by atoms with Crippen LogP contribution in [-0.4, -0.2) is 40.1 Å². The zero-order valence-electron chi connectivity index (χ0n) is 20.0. The monoisotopic (exact) mass is 498 g/mol. The van der Waals surface area contributed by atoms with Gasteiger partial charge in [0.25, 0.3) is 5.91 Å². The summed E-state index contributed by atoms with van der Waals surface area (Å²) in [6, 6.07) is 25.3. The fraction of sp³-hybridized carbons (Fsp3) is 0.214. The molecule has 182 valence electrons. The Balaban J connectivity index is 1.34. The second-order valence-electron chi connectivity index (χ2n) is 8.71. The van der Waals surface area contributed by atoms with Gasteiger partial charge in [0.2, 0.25) is 5.91 Å². The Kier molecular flexibility index (Phi) is 6.86. The number of aryl methyl sites for hydroxylation is 1. The number of hydrogen-bond acceptors (Lipinski definition) is 6. The SMILES string of the molecule is COc1ccc(C2=NN(C3=NC(=O)[C@@H](CC(=O)Nc4cccc(C)c4)S3)[C@H](c3ccccc3)C2)cc1. The minimum absolute atomic E-state index is 0.0450. The third kappa shape index (κ3) is 5.18. The number of amides is 2. The van der Waals surface area contributed by atoms with Crippen molar-refractivity contribution in [2.75, 3.05) is 12.4 Å². The molecular weight excluding hydrogens is 472 g/mol. The van der Waals surface area contributed by atoms with Gasteiger partial charge in [0.1, 0.15) is 11.0 Å². The van der Waals surface area contributed by atoms with Crippen LogP contribution in [0, 0.1) is 6.92 Å². The van der Waals surface area contributed by atoms with Gasteiger partial charge >= 0.3 is 0 Å². The molecular formula is C28H26N4O3S. The number of ether oxygens (including phenoxy) is 1. The highest BCUT2D eigenvalue weighted by Gasteiger charge is 2.39. The molecule has 0 unspecified atom stereocenters. The molecule has 36 heavy (non-hydrogen) atoms. The van der Waals surface area contributed by atoms with Crippen LogP contribution >= 0.6 is 11.8 Å². The van der Waals surface area contributed by atoms with Crippen LogP contribution in [0.5, 0.6) is 5.75 Å². The quantitative estimate of drug-likeness (QED) is 0.506. The maximum absolute atomic E-state index is 12.8. The minimum Gasteiger partial charge on any atom is -0.497 e. The zero-order valence-corrected chi connectivity index (χ0v) is 20.9. The first-order valence-electron chi connectivity index (χ1n) is 11.7. The van der Waals surface area contributed by atoms with Crippen molar-refractivity contribution in [1.82, 2.24) is 5.01 Å². The van der Waals surface area contributed by atoms with Crippen molar-refractivity contribution in [2.24, 2.45) is 10.1 Å². The second-order valence-corrected chi connectivity index (χ2v) is 9.88. The van der Waals surface area contributed by atoms with Crippen molar-refractivity contribution in [3.63, 3.8) is 0 Å². The van der Waals surface area contributed by atoms with Crippen LogP contribution in [0.4, 0.5) is 5.69 Å². The van der Waals surface area contributed by atoms with Crippen LogP contribution in [0.25, 0.3) is 0 Å². The summed E-state index contributed by atoms with van der Waals surface area (Å²) in [7, 11) is 1.64. The Labute approximate surface area is 214 Å². The first-order valence-corrected chi connectivity index (χ1v) is 12.6. The lowest BCUT2D eigenvalue weighted by molar-refractivity contribution is -0.121. The van der Waals surface area contributed by atoms with Gasteiger partial charge in [0.15, 0.2) is 5.17 Å². The molecule has 0 bridgehead atoms. The highest BCUT2D eigenvalue weighted by Crippen LogP contribution is 2.38. The maximum Gasteiger partial charge on any atom is 0.262 e. The number of hydrazone groups is 1. The summed E-state index contributed by atoms with van der Waals surface area (Å²) in [6.07, 6.45) is 0.714. The molecule has 0 fully saturated rings. The molecule has 0 aliphatic carbocycles. The lowest BCUT2D eigenvalue weighted by Crippen LogP contribution is -2.25. The van der Waals surface area contributed by atoms with Crippen molar-refractivity contribution in [2.45, 2.75) is 31.1 Å². The van der Waals surface area contributed by atoms with E-state index < -0.39 is 5.25 Å². The standard InChI is InChI=1S/C28H26N4O3S/c1-18-7-6-10-21(15-18)29-26(33)17-25-27(34)30-28(36-25)32-24(20-8-4-3-5-9-20)16-23(31-32)19-11-13-22(35-2)14-12-19/h3-15,24-25H,16-17H2,1-2H3,(H,29,33)/t24-,25+/m0/s1. The van der Waals surface area contributed by atoms with Gasteiger partial charge in [-0.2, -0.15) is 10.1 Å². The van der Waals surface area contributed by atoms with Crippen LogP contribution in [-0.2, 0) is 9.59 Å². The summed E-state index contributed by atoms with van der Waals surface area (Å²) in [5, 5.41) is 9.53. The number of carbonyl (C=O) groups is 2. The van der Waals surface area contributed by atoms with E-state index in [-0.39, 0.29) is 24.3 Å². The third-order valence-corrected chi connectivity index (χ3v) is 7.26. The number of carbonyl (C=O) groups excluding carboxylic acids is 2. The third-order valence-electron chi connectivity index (χ3n) is 6.12. The number of amidine groups is 1. The average molecular weight is 499 g/mol. The fourth-order valence-corrected chi connectivity index (χ4v) is 5.35. The molecule has 0 aromatic heterocycles. The smallest absolute Gasteiger partial charge is 0.262 e. The van der Waals surface area contributed by atoms with E-state index >= 15 is 0 Å². The molecule has 8 heteroatoms. The van der Waals surface area contributed by atoms with Crippen molar-refractivity contribution in [3.8, 4) is 5.75 Å². The van der Waals surface area contributed by atoms with Crippen LogP contribution < -0.4 is 10.1 Å². The number of anilines is 1. The molecule has 2 amide bonds. The minimum atomic E-state index is -0.582. The first kappa shape index (κ1) is 23.8. The summed E-state index contributed by atoms with van der Waals surface area (Å²) in [4.78, 5) is 29.7. The Morgan fingerprint density at radius 2 is 1.86 bits per heavy atom. The summed E-state index contributed by atoms with van der Waals surface area (Å²) < 4.78 is 5.28. The van der Waals surface area contributed by atoms with Crippen molar-refractivity contribution in [1.29, 1.82) is 0 Å². The molecule has 0 saturated heterocycles. The van der Waals surface area contributed by atoms with E-state index in [0.717, 1.165) is 28.2 Å². The van der Waals surface area contributed by atoms with Gasteiger partial charge in [0.05, 0.1) is 18.9 Å². The van der Waals surface area contributed by atoms with Gasteiger partial charge in [0, 0.05) is 18.5 Å². The molecule has 2 atom stereocenters. The van der Waals surface area contributed by atoms with Crippen molar-refractivity contribution in [3.05, 3.63) is 95.6 Å². The van der Waals surface area contributed by atoms with Gasteiger partial charge in [-0.3, -0.25) is 9.59 Å². The molecule has 1 N–H and O–H groups in total. The highest BCUT2D eigenvalue weighted by atomic mass is 32.2. The lowest BCUT2D eigenvalue weighted by atomic mass is 9.98. The molecule has 5 rings (SSSR count). The average Bonchev–Trinajstić information content (AvgIpc) is 3.48. The van der Waals surface area contributed by atoms with Crippen molar-refractivity contribution >= 4 is 40.1 Å². The summed E-state index contributed by atoms with van der Waals surface area (Å²) >= 11 is 1.30. The van der Waals surface area contributed by atoms with E-state index in [0.29, 0.717) is 17.3 Å². The maximum atomic E-state index is 12.8. The number of thioether (sulfide) groups is 1. The van der Waals surface area contributed by atoms with E-state index in [4.69, 9.17) is 9.84 Å². The Bertz CT molecular complexity index is 1340. The fourth-order valence-electron chi connectivity index (χ4n) is 4.29. The van der Waals surface area contributed by atoms with Gasteiger partial charge < -0.3 is 10.1 Å². The lowest BCUT2D eigenvalue weighted by Gasteiger charge is -2.23. The summed E-state index contributed by atoms with van der Waals surface area (Å²) in [6.45, 7) is 1.96. The topological polar surface area (TPSA) is 83.4 Å². The molecule has 2 heterocycles. The first-order chi connectivity index (χ1) is 17.5. The molecule has 0 radical (unpaired) electrons. The second kappa shape index (κ2) is 10.4. The van der Waals surface area contributed by atoms with Crippen LogP contribution in [0.3, 0.4) is 0 Å². The largest absolute Gasteiger partial charge is 0.497 e. The van der Waals surface area contributed by atoms with E-state index in [1.165, 1.54) is 11.8 Å². The predicted molar refractivity (Wildman–Crippen MR) is 143 cm³/mol. The molecule has 3 aromatic rings. The van der Waals surface area contributed by atoms with Crippen molar-refractivity contribution < 1.29 is 14.3 Å². The Morgan fingerprint density at radius 1 is 1.08 bits per heavy atom. The summed E-state index contributed by atoms with van der Waals surface area (Å²) in [5.74, 6) is 0.252. The van der Waals surface area contributed by atoms with E-state index in [9.17, 15) is 9.59 Å². The van der Waals surface area contributed by atoms with Gasteiger partial charge in [-0.1, -0.05) is 54.2 Å². The Hall–Kier alpha value is -3.91. The Morgan fingerprint density at radius 3 is 2.58 bits per heavy atom. The normalized spacial score (nSPS) is 19.2. The van der Waals surface area contributed by atoms with E-state index in [2.05, 4.69) is 22.4 Å². The van der Waals surface area contributed by atoms with Crippen LogP contribution in [0.15, 0.2) is 89.0 Å². The van der Waals surface area contributed by atoms with Gasteiger partial charge in [-0.15, -0.1) is 0 Å². The van der Waals surface area contributed by atoms with Crippen LogP contribution in [0.1, 0.15) is 35.6 Å². The number of rotatable bonds is 6. The highest BCUT2D eigenvalue weighted by molar-refractivity contribution is 8.15. The summed E-state index contributed by atoms with van der Waals surface area (Å²) in [5.41, 5.74) is 4.75. The molecule has 3 aromatic carbocycles. The molecule has 7 nitrogen and oxygen atoms in total. The number of methoxy groups -OCH3 is 1. The number of nitrogens with zero attached hydrogens (tertiary/aromatic N) is 3. The zero-order chi connectivity index (χ0) is 25.1. The van der Waals surface area contributed by atoms with Crippen LogP contribution in [0.2, 0.25) is 0 Å². The van der Waals surface area contributed by atoms with Gasteiger partial charge in [-0.25, -0.2) is 5.01 Å². The molecule has 2 aliphatic rings. The molecule has 2 aliphatic heterocycles. The number of aliphatic imine (C=N–C) groups is 1.